The van der Waals surface area contributed by atoms with Gasteiger partial charge in [-0.15, -0.1) is 0 Å². The van der Waals surface area contributed by atoms with E-state index in [1.54, 1.807) is 6.92 Å². The van der Waals surface area contributed by atoms with Gasteiger partial charge in [0.05, 0.1) is 0 Å². The van der Waals surface area contributed by atoms with Gasteiger partial charge in [-0.25, -0.2) is 0 Å². The van der Waals surface area contributed by atoms with Gasteiger partial charge in [-0.05, 0) is 0 Å². The van der Waals surface area contributed by atoms with Crippen LogP contribution in [-0.4, -0.2) is 27.0 Å². The number of rotatable bonds is 10. The number of ether oxygens (including phenoxy) is 1. The van der Waals surface area contributed by atoms with Gasteiger partial charge in [0.2, 0.25) is 0 Å². The van der Waals surface area contributed by atoms with Crippen molar-refractivity contribution in [2.75, 3.05) is 0 Å². The molecule has 0 aliphatic rings. The van der Waals surface area contributed by atoms with E-state index in [-0.39, 0.29) is 43.3 Å². The molecule has 0 aliphatic heterocycles. The zero-order valence-electron chi connectivity index (χ0n) is 26.0. The Hall–Kier alpha value is -1.83. The van der Waals surface area contributed by atoms with Gasteiger partial charge >= 0.3 is 241 Å². The van der Waals surface area contributed by atoms with Crippen LogP contribution < -0.4 is 4.46 Å². The average molecular weight is 584 g/mol. The Morgan fingerprint density at radius 3 is 1.89 bits per heavy atom. The van der Waals surface area contributed by atoms with Crippen molar-refractivity contribution in [3.63, 3.8) is 0 Å². The summed E-state index contributed by atoms with van der Waals surface area (Å²) in [6.07, 6.45) is 6.25. The summed E-state index contributed by atoms with van der Waals surface area (Å²) in [5, 5.41) is 0.908. The fourth-order valence-electron chi connectivity index (χ4n) is 4.54. The molecule has 0 saturated heterocycles. The third-order valence-electron chi connectivity index (χ3n) is 6.95. The Bertz CT molecular complexity index is 1040. The van der Waals surface area contributed by atoms with E-state index in [9.17, 15) is 4.79 Å². The molecule has 0 spiro atoms. The Morgan fingerprint density at radius 1 is 0.868 bits per heavy atom. The summed E-state index contributed by atoms with van der Waals surface area (Å²) in [5.74, 6) is -0.174. The number of carbonyl (C=O) groups excluding carboxylic acids is 1. The van der Waals surface area contributed by atoms with Crippen molar-refractivity contribution in [3.05, 3.63) is 76.4 Å². The van der Waals surface area contributed by atoms with E-state index in [1.807, 2.05) is 0 Å². The molecule has 0 amide bonds. The van der Waals surface area contributed by atoms with Crippen molar-refractivity contribution in [1.29, 1.82) is 0 Å². The van der Waals surface area contributed by atoms with Crippen molar-refractivity contribution in [2.24, 2.45) is 0 Å². The van der Waals surface area contributed by atoms with Crippen LogP contribution in [-0.2, 0) is 32.2 Å². The number of benzene rings is 2. The van der Waals surface area contributed by atoms with Crippen molar-refractivity contribution in [3.8, 4) is 0 Å². The van der Waals surface area contributed by atoms with Crippen LogP contribution >= 0.6 is 0 Å². The number of esters is 1. The van der Waals surface area contributed by atoms with Gasteiger partial charge < -0.3 is 0 Å². The third kappa shape index (κ3) is 10.4. The summed E-state index contributed by atoms with van der Waals surface area (Å²) in [7, 11) is 0. The van der Waals surface area contributed by atoms with E-state index in [4.69, 9.17) is 4.74 Å². The van der Waals surface area contributed by atoms with Crippen molar-refractivity contribution in [1.82, 2.24) is 0 Å². The summed E-state index contributed by atoms with van der Waals surface area (Å²) in [4.78, 5) is 12.0. The molecule has 0 saturated carbocycles. The number of aryl methyl sites for hydroxylation is 1. The Labute approximate surface area is 240 Å². The average Bonchev–Trinajstić information content (AvgIpc) is 2.79. The van der Waals surface area contributed by atoms with Crippen molar-refractivity contribution >= 4 is 25.4 Å². The van der Waals surface area contributed by atoms with Gasteiger partial charge in [-0.1, -0.05) is 0 Å². The predicted octanol–water partition coefficient (Wildman–Crippen LogP) is 8.62. The van der Waals surface area contributed by atoms with Gasteiger partial charge in [0.25, 0.3) is 0 Å². The van der Waals surface area contributed by atoms with E-state index in [1.165, 1.54) is 32.3 Å². The van der Waals surface area contributed by atoms with Gasteiger partial charge in [0.15, 0.2) is 0 Å². The van der Waals surface area contributed by atoms with Gasteiger partial charge in [-0.2, -0.15) is 0 Å². The molecule has 1 unspecified atom stereocenters. The quantitative estimate of drug-likeness (QED) is 0.159. The second kappa shape index (κ2) is 13.5. The van der Waals surface area contributed by atoms with Crippen molar-refractivity contribution in [2.45, 2.75) is 130 Å². The first-order chi connectivity index (χ1) is 17.5. The molecule has 210 valence electrons. The van der Waals surface area contributed by atoms with Gasteiger partial charge in [0.1, 0.15) is 0 Å². The molecule has 0 aromatic heterocycles. The molecule has 0 fully saturated rings. The molecule has 0 aliphatic carbocycles. The topological polar surface area (TPSA) is 26.3 Å². The van der Waals surface area contributed by atoms with Crippen LogP contribution in [0.5, 0.6) is 0 Å². The molecule has 2 nitrogen and oxygen atoms in total. The first-order valence-electron chi connectivity index (χ1n) is 14.2. The van der Waals surface area contributed by atoms with Gasteiger partial charge in [0, 0.05) is 0 Å². The Morgan fingerprint density at radius 2 is 1.42 bits per heavy atom. The fraction of sp³-hybridized carbons (Fsp3) is 0.571. The monoisotopic (exact) mass is 584 g/mol. The van der Waals surface area contributed by atoms with Crippen LogP contribution in [0.1, 0.15) is 118 Å². The molecule has 0 heterocycles. The number of allylic oxidation sites excluding steroid dienone is 2. The van der Waals surface area contributed by atoms with Gasteiger partial charge in [-0.3, -0.25) is 0 Å². The number of hydrogen-bond donors (Lipinski definition) is 0. The van der Waals surface area contributed by atoms with Crippen LogP contribution in [0, 0.1) is 0 Å². The van der Waals surface area contributed by atoms with E-state index >= 15 is 0 Å². The van der Waals surface area contributed by atoms with Crippen molar-refractivity contribution < 1.29 is 9.53 Å². The molecule has 2 rings (SSSR count). The first-order valence-corrected chi connectivity index (χ1v) is 16.2. The zero-order valence-corrected chi connectivity index (χ0v) is 27.7. The number of carbonyl (C=O) groups is 1. The van der Waals surface area contributed by atoms with E-state index in [0.717, 1.165) is 31.0 Å². The summed E-state index contributed by atoms with van der Waals surface area (Å²) < 4.78 is 7.37. The van der Waals surface area contributed by atoms with Crippen LogP contribution in [0.25, 0.3) is 0 Å². The summed E-state index contributed by atoms with van der Waals surface area (Å²) in [6.45, 7) is 24.6. The minimum absolute atomic E-state index is 0.0482. The Balaban J connectivity index is 2.24. The third-order valence-corrected chi connectivity index (χ3v) is 9.60. The first kappa shape index (κ1) is 32.4. The standard InChI is InChI=1S/C35H52O2Se/c1-25(16-15-19-27-17-13-12-14-18-27)20-21-29(37-26(2)36)24-38-32-30(34(6,7)8)22-28(33(3,4)5)23-31(32)35(9,10)11/h12-14,16-18,22-23,29H,15,19-21,24H2,1-11H3/b25-16+. The second-order valence-corrected chi connectivity index (χ2v) is 16.0. The molecule has 2 aromatic carbocycles. The van der Waals surface area contributed by atoms with E-state index in [0.29, 0.717) is 0 Å². The fourth-order valence-corrected chi connectivity index (χ4v) is 7.96. The molecule has 0 N–H and O–H groups in total. The van der Waals surface area contributed by atoms with E-state index < -0.39 is 0 Å². The molecular formula is C35H52O2Se. The van der Waals surface area contributed by atoms with Crippen LogP contribution in [0.3, 0.4) is 0 Å². The summed E-state index contributed by atoms with van der Waals surface area (Å²) in [5.41, 5.74) is 7.25. The normalized spacial score (nSPS) is 13.9. The maximum absolute atomic E-state index is 12.0. The molecule has 0 bridgehead atoms. The Kier molecular flexibility index (Phi) is 11.5. The molecule has 3 heteroatoms. The van der Waals surface area contributed by atoms with E-state index in [2.05, 4.69) is 118 Å². The zero-order chi connectivity index (χ0) is 28.7. The predicted molar refractivity (Wildman–Crippen MR) is 166 cm³/mol. The maximum atomic E-state index is 12.0. The second-order valence-electron chi connectivity index (χ2n) is 13.8. The molecule has 1 atom stereocenters. The van der Waals surface area contributed by atoms with Crippen LogP contribution in [0.15, 0.2) is 54.1 Å². The molecular weight excluding hydrogens is 531 g/mol. The molecule has 38 heavy (non-hydrogen) atoms. The minimum atomic E-state index is -0.174. The SMILES string of the molecule is CC(=O)OC(CC/C(C)=C/CCc1ccccc1)C[Se]c1c(C(C)(C)C)cc(C(C)(C)C)cc1C(C)(C)C. The summed E-state index contributed by atoms with van der Waals surface area (Å²) >= 11 is 0.201. The number of hydrogen-bond acceptors (Lipinski definition) is 2. The van der Waals surface area contributed by atoms with Crippen LogP contribution in [0.2, 0.25) is 5.32 Å². The molecule has 2 aromatic rings. The van der Waals surface area contributed by atoms with Crippen LogP contribution in [0.4, 0.5) is 0 Å². The molecule has 0 radical (unpaired) electrons. The summed E-state index contributed by atoms with van der Waals surface area (Å²) in [6, 6.07) is 15.5.